The number of hydrogen-bond acceptors (Lipinski definition) is 4. The molecule has 1 unspecified atom stereocenters. The molecular formula is C13H26N4O4S. The summed E-state index contributed by atoms with van der Waals surface area (Å²) < 4.78 is 27.2. The minimum atomic E-state index is -3.33. The van der Waals surface area contributed by atoms with Crippen molar-refractivity contribution in [1.29, 1.82) is 0 Å². The summed E-state index contributed by atoms with van der Waals surface area (Å²) in [4.78, 5) is 14.6. The van der Waals surface area contributed by atoms with Crippen molar-refractivity contribution in [1.82, 2.24) is 18.4 Å². The van der Waals surface area contributed by atoms with E-state index in [0.717, 1.165) is 32.5 Å². The minimum Gasteiger partial charge on any atom is -0.465 e. The second-order valence-electron chi connectivity index (χ2n) is 6.23. The van der Waals surface area contributed by atoms with Crippen LogP contribution in [-0.2, 0) is 10.2 Å². The second kappa shape index (κ2) is 7.12. The molecule has 2 fully saturated rings. The SMILES string of the molecule is CN(C)S(=O)(=O)N1CCCC(CN2CCN(C(=O)O)CC2)C1. The Labute approximate surface area is 132 Å². The van der Waals surface area contributed by atoms with Crippen molar-refractivity contribution in [3.63, 3.8) is 0 Å². The lowest BCUT2D eigenvalue weighted by molar-refractivity contribution is 0.0910. The normalized spacial score (nSPS) is 25.6. The van der Waals surface area contributed by atoms with Crippen LogP contribution in [0, 0.1) is 5.92 Å². The summed E-state index contributed by atoms with van der Waals surface area (Å²) in [6.45, 7) is 4.49. The summed E-state index contributed by atoms with van der Waals surface area (Å²) in [5.41, 5.74) is 0. The molecule has 1 amide bonds. The van der Waals surface area contributed by atoms with Gasteiger partial charge in [-0.1, -0.05) is 0 Å². The summed E-state index contributed by atoms with van der Waals surface area (Å²) in [5, 5.41) is 8.95. The van der Waals surface area contributed by atoms with Gasteiger partial charge in [0.25, 0.3) is 10.2 Å². The van der Waals surface area contributed by atoms with E-state index in [9.17, 15) is 13.2 Å². The van der Waals surface area contributed by atoms with E-state index >= 15 is 0 Å². The van der Waals surface area contributed by atoms with Crippen molar-refractivity contribution in [3.8, 4) is 0 Å². The third-order valence-electron chi connectivity index (χ3n) is 4.43. The highest BCUT2D eigenvalue weighted by atomic mass is 32.2. The number of nitrogens with zero attached hydrogens (tertiary/aromatic N) is 4. The molecule has 1 N–H and O–H groups in total. The van der Waals surface area contributed by atoms with Crippen LogP contribution in [0.3, 0.4) is 0 Å². The molecule has 0 aliphatic carbocycles. The number of rotatable bonds is 4. The van der Waals surface area contributed by atoms with Crippen LogP contribution in [0.15, 0.2) is 0 Å². The summed E-state index contributed by atoms with van der Waals surface area (Å²) in [6.07, 6.45) is 1.05. The van der Waals surface area contributed by atoms with Gasteiger partial charge in [-0.25, -0.2) is 4.79 Å². The Hall–Kier alpha value is -0.900. The molecule has 0 aromatic rings. The Morgan fingerprint density at radius 1 is 1.18 bits per heavy atom. The third-order valence-corrected chi connectivity index (χ3v) is 6.34. The zero-order valence-corrected chi connectivity index (χ0v) is 14.1. The lowest BCUT2D eigenvalue weighted by atomic mass is 9.99. The van der Waals surface area contributed by atoms with Crippen molar-refractivity contribution in [2.45, 2.75) is 12.8 Å². The van der Waals surface area contributed by atoms with E-state index < -0.39 is 16.3 Å². The first-order valence-electron chi connectivity index (χ1n) is 7.68. The monoisotopic (exact) mass is 334 g/mol. The molecular weight excluding hydrogens is 308 g/mol. The Kier molecular flexibility index (Phi) is 5.65. The summed E-state index contributed by atoms with van der Waals surface area (Å²) in [5.74, 6) is 0.319. The molecule has 8 nitrogen and oxygen atoms in total. The topological polar surface area (TPSA) is 84.4 Å². The van der Waals surface area contributed by atoms with Gasteiger partial charge >= 0.3 is 6.09 Å². The average molecular weight is 334 g/mol. The molecule has 0 spiro atoms. The summed E-state index contributed by atoms with van der Waals surface area (Å²) in [6, 6.07) is 0. The van der Waals surface area contributed by atoms with Crippen molar-refractivity contribution >= 4 is 16.3 Å². The van der Waals surface area contributed by atoms with Crippen molar-refractivity contribution < 1.29 is 18.3 Å². The maximum absolute atomic E-state index is 12.2. The van der Waals surface area contributed by atoms with Gasteiger partial charge in [0, 0.05) is 59.9 Å². The largest absolute Gasteiger partial charge is 0.465 e. The molecule has 2 rings (SSSR count). The van der Waals surface area contributed by atoms with Gasteiger partial charge in [0.05, 0.1) is 0 Å². The highest BCUT2D eigenvalue weighted by Crippen LogP contribution is 2.21. The molecule has 22 heavy (non-hydrogen) atoms. The van der Waals surface area contributed by atoms with Crippen LogP contribution < -0.4 is 0 Å². The first kappa shape index (κ1) is 17.5. The second-order valence-corrected chi connectivity index (χ2v) is 8.37. The van der Waals surface area contributed by atoms with E-state index in [0.29, 0.717) is 32.1 Å². The number of amides is 1. The molecule has 0 radical (unpaired) electrons. The van der Waals surface area contributed by atoms with Crippen LogP contribution in [0.1, 0.15) is 12.8 Å². The van der Waals surface area contributed by atoms with Crippen LogP contribution >= 0.6 is 0 Å². The number of piperazine rings is 1. The minimum absolute atomic E-state index is 0.319. The molecule has 128 valence electrons. The van der Waals surface area contributed by atoms with Crippen molar-refractivity contribution in [3.05, 3.63) is 0 Å². The Morgan fingerprint density at radius 2 is 1.82 bits per heavy atom. The van der Waals surface area contributed by atoms with Crippen LogP contribution in [0.2, 0.25) is 0 Å². The maximum Gasteiger partial charge on any atom is 0.407 e. The summed E-state index contributed by atoms with van der Waals surface area (Å²) in [7, 11) is -0.212. The highest BCUT2D eigenvalue weighted by molar-refractivity contribution is 7.86. The van der Waals surface area contributed by atoms with E-state index in [2.05, 4.69) is 4.90 Å². The molecule has 2 aliphatic heterocycles. The quantitative estimate of drug-likeness (QED) is 0.770. The fourth-order valence-corrected chi connectivity index (χ4v) is 4.32. The van der Waals surface area contributed by atoms with Gasteiger partial charge in [-0.2, -0.15) is 17.0 Å². The maximum atomic E-state index is 12.2. The van der Waals surface area contributed by atoms with Crippen LogP contribution in [0.4, 0.5) is 4.79 Å². The van der Waals surface area contributed by atoms with Gasteiger partial charge < -0.3 is 10.0 Å². The molecule has 0 aromatic heterocycles. The fraction of sp³-hybridized carbons (Fsp3) is 0.923. The third kappa shape index (κ3) is 4.09. The van der Waals surface area contributed by atoms with Crippen LogP contribution in [-0.4, -0.2) is 97.9 Å². The number of carbonyl (C=O) groups is 1. The van der Waals surface area contributed by atoms with Crippen LogP contribution in [0.25, 0.3) is 0 Å². The molecule has 0 aromatic carbocycles. The molecule has 1 atom stereocenters. The Morgan fingerprint density at radius 3 is 2.36 bits per heavy atom. The average Bonchev–Trinajstić information content (AvgIpc) is 2.48. The highest BCUT2D eigenvalue weighted by Gasteiger charge is 2.31. The number of piperidine rings is 1. The zero-order valence-electron chi connectivity index (χ0n) is 13.3. The standard InChI is InChI=1S/C13H26N4O4S/c1-14(2)22(20,21)17-5-3-4-12(11-17)10-15-6-8-16(9-7-15)13(18)19/h12H,3-11H2,1-2H3,(H,18,19). The van der Waals surface area contributed by atoms with E-state index in [1.54, 1.807) is 18.4 Å². The van der Waals surface area contributed by atoms with Crippen molar-refractivity contribution in [2.24, 2.45) is 5.92 Å². The lowest BCUT2D eigenvalue weighted by Gasteiger charge is -2.38. The van der Waals surface area contributed by atoms with E-state index in [1.807, 2.05) is 0 Å². The molecule has 9 heteroatoms. The van der Waals surface area contributed by atoms with Gasteiger partial charge in [-0.3, -0.25) is 4.90 Å². The van der Waals surface area contributed by atoms with E-state index in [-0.39, 0.29) is 0 Å². The molecule has 2 heterocycles. The zero-order chi connectivity index (χ0) is 16.3. The fourth-order valence-electron chi connectivity index (χ4n) is 3.10. The van der Waals surface area contributed by atoms with E-state index in [1.165, 1.54) is 9.21 Å². The van der Waals surface area contributed by atoms with Gasteiger partial charge in [-0.15, -0.1) is 0 Å². The van der Waals surface area contributed by atoms with Crippen LogP contribution in [0.5, 0.6) is 0 Å². The molecule has 0 saturated carbocycles. The molecule has 2 aliphatic rings. The molecule has 2 saturated heterocycles. The number of carboxylic acid groups (broad SMARTS) is 1. The summed E-state index contributed by atoms with van der Waals surface area (Å²) >= 11 is 0. The van der Waals surface area contributed by atoms with E-state index in [4.69, 9.17) is 5.11 Å². The van der Waals surface area contributed by atoms with Crippen molar-refractivity contribution in [2.75, 3.05) is 59.9 Å². The van der Waals surface area contributed by atoms with Gasteiger partial charge in [0.1, 0.15) is 0 Å². The lowest BCUT2D eigenvalue weighted by Crippen LogP contribution is -2.52. The van der Waals surface area contributed by atoms with Gasteiger partial charge in [0.15, 0.2) is 0 Å². The van der Waals surface area contributed by atoms with Gasteiger partial charge in [0.2, 0.25) is 0 Å². The Balaban J connectivity index is 1.85. The first-order chi connectivity index (χ1) is 10.3. The first-order valence-corrected chi connectivity index (χ1v) is 9.08. The Bertz CT molecular complexity index is 488. The predicted octanol–water partition coefficient (Wildman–Crippen LogP) is -0.200. The predicted molar refractivity (Wildman–Crippen MR) is 82.9 cm³/mol. The molecule has 0 bridgehead atoms. The number of hydrogen-bond donors (Lipinski definition) is 1. The van der Waals surface area contributed by atoms with Gasteiger partial charge in [-0.05, 0) is 18.8 Å². The smallest absolute Gasteiger partial charge is 0.407 e.